The molecule has 4 rings (SSSR count). The van der Waals surface area contributed by atoms with Crippen LogP contribution in [0.3, 0.4) is 0 Å². The number of alkyl halides is 3. The molecule has 1 fully saturated rings. The van der Waals surface area contributed by atoms with Crippen LogP contribution in [0.2, 0.25) is 0 Å². The molecular formula is C21H26F3N5O3S. The van der Waals surface area contributed by atoms with Crippen molar-refractivity contribution in [2.45, 2.75) is 57.2 Å². The van der Waals surface area contributed by atoms with E-state index >= 15 is 0 Å². The molecule has 1 aromatic carbocycles. The Morgan fingerprint density at radius 3 is 2.55 bits per heavy atom. The van der Waals surface area contributed by atoms with Crippen molar-refractivity contribution in [2.75, 3.05) is 24.3 Å². The second-order valence-corrected chi connectivity index (χ2v) is 10.6. The number of fused-ring (bicyclic) bond motifs is 1. The molecular weight excluding hydrogens is 459 g/mol. The van der Waals surface area contributed by atoms with Crippen LogP contribution in [-0.4, -0.2) is 41.2 Å². The first-order valence-corrected chi connectivity index (χ1v) is 12.1. The zero-order valence-electron chi connectivity index (χ0n) is 18.3. The molecule has 0 spiro atoms. The molecule has 8 nitrogen and oxygen atoms in total. The van der Waals surface area contributed by atoms with Crippen LogP contribution in [0.5, 0.6) is 0 Å². The van der Waals surface area contributed by atoms with E-state index in [4.69, 9.17) is 10.5 Å². The second kappa shape index (κ2) is 8.73. The summed E-state index contributed by atoms with van der Waals surface area (Å²) in [5.74, 6) is 0.850. The lowest BCUT2D eigenvalue weighted by Gasteiger charge is -2.26. The van der Waals surface area contributed by atoms with Crippen molar-refractivity contribution in [1.82, 2.24) is 14.3 Å². The number of hydrogen-bond acceptors (Lipinski definition) is 7. The first-order valence-electron chi connectivity index (χ1n) is 10.6. The number of benzene rings is 1. The van der Waals surface area contributed by atoms with Gasteiger partial charge in [0.1, 0.15) is 11.6 Å². The van der Waals surface area contributed by atoms with E-state index in [1.54, 1.807) is 13.8 Å². The van der Waals surface area contributed by atoms with Crippen molar-refractivity contribution in [3.63, 3.8) is 0 Å². The Morgan fingerprint density at radius 2 is 1.88 bits per heavy atom. The number of nitrogen functional groups attached to an aromatic ring is 1. The van der Waals surface area contributed by atoms with Crippen LogP contribution < -0.4 is 11.1 Å². The zero-order valence-corrected chi connectivity index (χ0v) is 19.1. The number of nitrogens with zero attached hydrogens (tertiary/aromatic N) is 3. The molecule has 0 radical (unpaired) electrons. The third-order valence-electron chi connectivity index (χ3n) is 5.97. The molecule has 33 heavy (non-hydrogen) atoms. The van der Waals surface area contributed by atoms with Gasteiger partial charge >= 0.3 is 6.18 Å². The van der Waals surface area contributed by atoms with Gasteiger partial charge in [0, 0.05) is 31.0 Å². The van der Waals surface area contributed by atoms with Gasteiger partial charge in [0.2, 0.25) is 10.0 Å². The second-order valence-electron chi connectivity index (χ2n) is 8.42. The largest absolute Gasteiger partial charge is 0.416 e. The van der Waals surface area contributed by atoms with Gasteiger partial charge in [0.25, 0.3) is 0 Å². The SMILES string of the molecule is Cc1nc2c(c(NC(C)c3cc(N)cc(C(F)(F)F)c3)n1)CN(S(=O)(=O)C1CCOCC1)C2. The number of sulfonamides is 1. The lowest BCUT2D eigenvalue weighted by atomic mass is 10.0. The molecule has 0 bridgehead atoms. The molecule has 0 saturated carbocycles. The lowest BCUT2D eigenvalue weighted by Crippen LogP contribution is -2.38. The van der Waals surface area contributed by atoms with Crippen LogP contribution in [-0.2, 0) is 34.0 Å². The van der Waals surface area contributed by atoms with Crippen LogP contribution in [0.1, 0.15) is 54.0 Å². The monoisotopic (exact) mass is 485 g/mol. The number of rotatable bonds is 5. The summed E-state index contributed by atoms with van der Waals surface area (Å²) in [6.07, 6.45) is -3.63. The van der Waals surface area contributed by atoms with Gasteiger partial charge in [-0.25, -0.2) is 18.4 Å². The summed E-state index contributed by atoms with van der Waals surface area (Å²) in [5.41, 5.74) is 6.45. The number of aromatic nitrogens is 2. The molecule has 0 aliphatic carbocycles. The van der Waals surface area contributed by atoms with E-state index in [-0.39, 0.29) is 18.8 Å². The van der Waals surface area contributed by atoms with Crippen LogP contribution in [0.25, 0.3) is 0 Å². The molecule has 2 aromatic rings. The predicted octanol–water partition coefficient (Wildman–Crippen LogP) is 3.38. The smallest absolute Gasteiger partial charge is 0.399 e. The normalized spacial score (nSPS) is 18.8. The summed E-state index contributed by atoms with van der Waals surface area (Å²) < 4.78 is 72.6. The van der Waals surface area contributed by atoms with Gasteiger partial charge in [-0.1, -0.05) is 0 Å². The van der Waals surface area contributed by atoms with Gasteiger partial charge in [-0.15, -0.1) is 0 Å². The Bertz CT molecular complexity index is 1150. The van der Waals surface area contributed by atoms with E-state index in [1.807, 2.05) is 0 Å². The quantitative estimate of drug-likeness (QED) is 0.625. The Morgan fingerprint density at radius 1 is 1.18 bits per heavy atom. The van der Waals surface area contributed by atoms with E-state index in [1.165, 1.54) is 10.4 Å². The molecule has 3 heterocycles. The molecule has 1 saturated heterocycles. The molecule has 180 valence electrons. The van der Waals surface area contributed by atoms with Crippen LogP contribution >= 0.6 is 0 Å². The van der Waals surface area contributed by atoms with E-state index in [0.717, 1.165) is 12.1 Å². The Labute approximate surface area is 190 Å². The van der Waals surface area contributed by atoms with E-state index in [2.05, 4.69) is 15.3 Å². The van der Waals surface area contributed by atoms with Crippen molar-refractivity contribution in [2.24, 2.45) is 0 Å². The number of nitrogens with two attached hydrogens (primary N) is 1. The molecule has 2 aliphatic heterocycles. The topological polar surface area (TPSA) is 110 Å². The first-order chi connectivity index (χ1) is 15.4. The van der Waals surface area contributed by atoms with Crippen molar-refractivity contribution in [3.05, 3.63) is 46.4 Å². The van der Waals surface area contributed by atoms with E-state index in [0.29, 0.717) is 54.5 Å². The van der Waals surface area contributed by atoms with Gasteiger partial charge < -0.3 is 15.8 Å². The highest BCUT2D eigenvalue weighted by Crippen LogP contribution is 2.35. The summed E-state index contributed by atoms with van der Waals surface area (Å²) in [4.78, 5) is 8.83. The number of anilines is 2. The van der Waals surface area contributed by atoms with Crippen LogP contribution in [0.15, 0.2) is 18.2 Å². The third kappa shape index (κ3) is 4.92. The number of halogens is 3. The molecule has 2 aliphatic rings. The van der Waals surface area contributed by atoms with Gasteiger partial charge in [0.15, 0.2) is 0 Å². The molecule has 12 heteroatoms. The summed E-state index contributed by atoms with van der Waals surface area (Å²) in [5, 5.41) is 2.64. The van der Waals surface area contributed by atoms with Crippen molar-refractivity contribution in [1.29, 1.82) is 0 Å². The standard InChI is InChI=1S/C21H26F3N5O3S/c1-12(14-7-15(21(22,23)24)9-16(25)8-14)26-20-18-10-29(11-19(18)27-13(2)28-20)33(30,31)17-3-5-32-6-4-17/h7-9,12,17H,3-6,10-11,25H2,1-2H3,(H,26,27,28). The first kappa shape index (κ1) is 23.7. The summed E-state index contributed by atoms with van der Waals surface area (Å²) in [7, 11) is -3.55. The van der Waals surface area contributed by atoms with Gasteiger partial charge in [-0.2, -0.15) is 17.5 Å². The fraction of sp³-hybridized carbons (Fsp3) is 0.524. The highest BCUT2D eigenvalue weighted by Gasteiger charge is 2.38. The van der Waals surface area contributed by atoms with E-state index < -0.39 is 33.1 Å². The molecule has 3 N–H and O–H groups in total. The maximum atomic E-state index is 13.2. The average molecular weight is 486 g/mol. The fourth-order valence-electron chi connectivity index (χ4n) is 4.21. The Hall–Kier alpha value is -2.44. The predicted molar refractivity (Wildman–Crippen MR) is 117 cm³/mol. The Balaban J connectivity index is 1.59. The number of hydrogen-bond donors (Lipinski definition) is 2. The lowest BCUT2D eigenvalue weighted by molar-refractivity contribution is -0.137. The van der Waals surface area contributed by atoms with Gasteiger partial charge in [-0.3, -0.25) is 0 Å². The van der Waals surface area contributed by atoms with E-state index in [9.17, 15) is 21.6 Å². The highest BCUT2D eigenvalue weighted by atomic mass is 32.2. The summed E-state index contributed by atoms with van der Waals surface area (Å²) in [6.45, 7) is 4.45. The summed E-state index contributed by atoms with van der Waals surface area (Å²) in [6, 6.07) is 2.85. The van der Waals surface area contributed by atoms with Crippen molar-refractivity contribution < 1.29 is 26.3 Å². The minimum Gasteiger partial charge on any atom is -0.399 e. The minimum absolute atomic E-state index is 0.00584. The van der Waals surface area contributed by atoms with Crippen LogP contribution in [0, 0.1) is 6.92 Å². The average Bonchev–Trinajstić information content (AvgIpc) is 3.18. The van der Waals surface area contributed by atoms with Crippen molar-refractivity contribution in [3.8, 4) is 0 Å². The summed E-state index contributed by atoms with van der Waals surface area (Å²) >= 11 is 0. The number of aryl methyl sites for hydroxylation is 1. The molecule has 1 unspecified atom stereocenters. The molecule has 1 atom stereocenters. The zero-order chi connectivity index (χ0) is 24.0. The number of ether oxygens (including phenoxy) is 1. The minimum atomic E-state index is -4.52. The molecule has 1 aromatic heterocycles. The maximum Gasteiger partial charge on any atom is 0.416 e. The van der Waals surface area contributed by atoms with Crippen molar-refractivity contribution >= 4 is 21.5 Å². The highest BCUT2D eigenvalue weighted by molar-refractivity contribution is 7.89. The Kier molecular flexibility index (Phi) is 6.27. The van der Waals surface area contributed by atoms with Crippen LogP contribution in [0.4, 0.5) is 24.7 Å². The fourth-order valence-corrected chi connectivity index (χ4v) is 6.03. The van der Waals surface area contributed by atoms with Gasteiger partial charge in [0.05, 0.1) is 29.1 Å². The maximum absolute atomic E-state index is 13.2. The molecule has 0 amide bonds. The third-order valence-corrected chi connectivity index (χ3v) is 8.26. The number of nitrogens with one attached hydrogen (secondary N) is 1. The van der Waals surface area contributed by atoms with Gasteiger partial charge in [-0.05, 0) is 50.5 Å².